The first-order chi connectivity index (χ1) is 6.47. The second kappa shape index (κ2) is 6.82. The maximum absolute atomic E-state index is 11.6. The molecular formula is C11H24N2O. The van der Waals surface area contributed by atoms with Crippen LogP contribution >= 0.6 is 0 Å². The van der Waals surface area contributed by atoms with Crippen molar-refractivity contribution in [1.82, 2.24) is 10.6 Å². The van der Waals surface area contributed by atoms with E-state index in [-0.39, 0.29) is 18.0 Å². The molecule has 2 N–H and O–H groups in total. The normalized spacial score (nSPS) is 15.3. The number of rotatable bonds is 6. The molecule has 0 rings (SSSR count). The van der Waals surface area contributed by atoms with E-state index in [0.29, 0.717) is 6.04 Å². The molecule has 0 radical (unpaired) electrons. The van der Waals surface area contributed by atoms with E-state index in [1.807, 2.05) is 27.7 Å². The van der Waals surface area contributed by atoms with Gasteiger partial charge in [0.25, 0.3) is 0 Å². The van der Waals surface area contributed by atoms with Gasteiger partial charge in [0.15, 0.2) is 0 Å². The fourth-order valence-corrected chi connectivity index (χ4v) is 1.45. The predicted octanol–water partition coefficient (Wildman–Crippen LogP) is 1.68. The van der Waals surface area contributed by atoms with Gasteiger partial charge in [-0.25, -0.2) is 0 Å². The Morgan fingerprint density at radius 2 is 1.79 bits per heavy atom. The quantitative estimate of drug-likeness (QED) is 0.685. The maximum atomic E-state index is 11.6. The highest BCUT2D eigenvalue weighted by atomic mass is 16.2. The molecule has 0 aromatic heterocycles. The molecule has 0 bridgehead atoms. The number of carbonyl (C=O) groups is 1. The Hall–Kier alpha value is -0.570. The van der Waals surface area contributed by atoms with Crippen molar-refractivity contribution in [2.45, 2.75) is 65.6 Å². The summed E-state index contributed by atoms with van der Waals surface area (Å²) in [5.41, 5.74) is 0. The Labute approximate surface area is 87.6 Å². The Morgan fingerprint density at radius 1 is 1.21 bits per heavy atom. The van der Waals surface area contributed by atoms with E-state index in [1.54, 1.807) is 0 Å². The van der Waals surface area contributed by atoms with Crippen LogP contribution in [0.4, 0.5) is 0 Å². The Bertz CT molecular complexity index is 169. The molecule has 2 atom stereocenters. The first kappa shape index (κ1) is 13.4. The van der Waals surface area contributed by atoms with E-state index in [2.05, 4.69) is 17.6 Å². The van der Waals surface area contributed by atoms with Crippen molar-refractivity contribution in [2.75, 3.05) is 0 Å². The fourth-order valence-electron chi connectivity index (χ4n) is 1.45. The third kappa shape index (κ3) is 5.97. The number of amides is 1. The summed E-state index contributed by atoms with van der Waals surface area (Å²) in [7, 11) is 0. The van der Waals surface area contributed by atoms with Crippen molar-refractivity contribution in [3.05, 3.63) is 0 Å². The van der Waals surface area contributed by atoms with E-state index >= 15 is 0 Å². The van der Waals surface area contributed by atoms with Crippen molar-refractivity contribution < 1.29 is 4.79 Å². The molecule has 84 valence electrons. The van der Waals surface area contributed by atoms with Crippen LogP contribution < -0.4 is 10.6 Å². The molecule has 0 saturated carbocycles. The second-order valence-corrected chi connectivity index (χ2v) is 4.24. The summed E-state index contributed by atoms with van der Waals surface area (Å²) in [6.07, 6.45) is 2.15. The zero-order valence-corrected chi connectivity index (χ0v) is 10.1. The van der Waals surface area contributed by atoms with Crippen LogP contribution in [0.2, 0.25) is 0 Å². The van der Waals surface area contributed by atoms with Crippen LogP contribution in [-0.4, -0.2) is 24.0 Å². The van der Waals surface area contributed by atoms with Gasteiger partial charge in [-0.3, -0.25) is 4.79 Å². The lowest BCUT2D eigenvalue weighted by Crippen LogP contribution is -2.47. The molecule has 3 heteroatoms. The van der Waals surface area contributed by atoms with Gasteiger partial charge in [-0.1, -0.05) is 27.2 Å². The van der Waals surface area contributed by atoms with Crippen molar-refractivity contribution in [3.8, 4) is 0 Å². The number of carbonyl (C=O) groups excluding carboxylic acids is 1. The standard InChI is InChI=1S/C11H24N2O/c1-6-7-9(4)13-11(14)10(5)12-8(2)3/h8-10,12H,6-7H2,1-5H3,(H,13,14). The summed E-state index contributed by atoms with van der Waals surface area (Å²) in [6, 6.07) is 0.524. The number of hydrogen-bond acceptors (Lipinski definition) is 2. The highest BCUT2D eigenvalue weighted by molar-refractivity contribution is 5.81. The van der Waals surface area contributed by atoms with Gasteiger partial charge in [-0.05, 0) is 20.3 Å². The maximum Gasteiger partial charge on any atom is 0.237 e. The lowest BCUT2D eigenvalue weighted by atomic mass is 10.2. The minimum atomic E-state index is -0.102. The lowest BCUT2D eigenvalue weighted by molar-refractivity contribution is -0.123. The molecule has 3 nitrogen and oxygen atoms in total. The van der Waals surface area contributed by atoms with E-state index in [9.17, 15) is 4.79 Å². The van der Waals surface area contributed by atoms with Gasteiger partial charge in [-0.2, -0.15) is 0 Å². The van der Waals surface area contributed by atoms with E-state index in [4.69, 9.17) is 0 Å². The Morgan fingerprint density at radius 3 is 2.21 bits per heavy atom. The molecule has 0 saturated heterocycles. The fraction of sp³-hybridized carbons (Fsp3) is 0.909. The van der Waals surface area contributed by atoms with Gasteiger partial charge in [0, 0.05) is 12.1 Å². The minimum Gasteiger partial charge on any atom is -0.352 e. The zero-order chi connectivity index (χ0) is 11.1. The van der Waals surface area contributed by atoms with Gasteiger partial charge in [0.1, 0.15) is 0 Å². The highest BCUT2D eigenvalue weighted by Crippen LogP contribution is 1.96. The third-order valence-electron chi connectivity index (χ3n) is 2.09. The van der Waals surface area contributed by atoms with Gasteiger partial charge in [0.05, 0.1) is 6.04 Å². The summed E-state index contributed by atoms with van der Waals surface area (Å²) in [5.74, 6) is 0.0969. The molecule has 0 spiro atoms. The SMILES string of the molecule is CCCC(C)NC(=O)C(C)NC(C)C. The first-order valence-corrected chi connectivity index (χ1v) is 5.53. The van der Waals surface area contributed by atoms with Gasteiger partial charge in [0.2, 0.25) is 5.91 Å². The second-order valence-electron chi connectivity index (χ2n) is 4.24. The first-order valence-electron chi connectivity index (χ1n) is 5.53. The van der Waals surface area contributed by atoms with E-state index in [1.165, 1.54) is 0 Å². The molecule has 14 heavy (non-hydrogen) atoms. The van der Waals surface area contributed by atoms with Crippen molar-refractivity contribution in [1.29, 1.82) is 0 Å². The van der Waals surface area contributed by atoms with Crippen LogP contribution in [0.5, 0.6) is 0 Å². The van der Waals surface area contributed by atoms with Gasteiger partial charge >= 0.3 is 0 Å². The summed E-state index contributed by atoms with van der Waals surface area (Å²) in [4.78, 5) is 11.6. The molecule has 0 aliphatic heterocycles. The lowest BCUT2D eigenvalue weighted by Gasteiger charge is -2.19. The van der Waals surface area contributed by atoms with Crippen molar-refractivity contribution >= 4 is 5.91 Å². The van der Waals surface area contributed by atoms with Crippen molar-refractivity contribution in [2.24, 2.45) is 0 Å². The van der Waals surface area contributed by atoms with Crippen LogP contribution in [0.15, 0.2) is 0 Å². The topological polar surface area (TPSA) is 41.1 Å². The molecule has 2 unspecified atom stereocenters. The van der Waals surface area contributed by atoms with Crippen LogP contribution in [0.3, 0.4) is 0 Å². The highest BCUT2D eigenvalue weighted by Gasteiger charge is 2.14. The molecule has 0 aliphatic rings. The average Bonchev–Trinajstić information content (AvgIpc) is 2.02. The monoisotopic (exact) mass is 200 g/mol. The zero-order valence-electron chi connectivity index (χ0n) is 10.1. The van der Waals surface area contributed by atoms with Crippen LogP contribution in [0, 0.1) is 0 Å². The predicted molar refractivity (Wildman–Crippen MR) is 60.2 cm³/mol. The summed E-state index contributed by atoms with van der Waals surface area (Å²) in [5, 5.41) is 6.16. The largest absolute Gasteiger partial charge is 0.352 e. The van der Waals surface area contributed by atoms with Crippen LogP contribution in [0.25, 0.3) is 0 Å². The molecule has 1 amide bonds. The number of nitrogens with one attached hydrogen (secondary N) is 2. The number of hydrogen-bond donors (Lipinski definition) is 2. The average molecular weight is 200 g/mol. The molecule has 0 aliphatic carbocycles. The smallest absolute Gasteiger partial charge is 0.237 e. The molecule has 0 fully saturated rings. The van der Waals surface area contributed by atoms with E-state index < -0.39 is 0 Å². The Balaban J connectivity index is 3.82. The Kier molecular flexibility index (Phi) is 6.54. The molecule has 0 heterocycles. The summed E-state index contributed by atoms with van der Waals surface area (Å²) in [6.45, 7) is 10.1. The van der Waals surface area contributed by atoms with Crippen molar-refractivity contribution in [3.63, 3.8) is 0 Å². The third-order valence-corrected chi connectivity index (χ3v) is 2.09. The molecule has 0 aromatic rings. The summed E-state index contributed by atoms with van der Waals surface area (Å²) >= 11 is 0. The summed E-state index contributed by atoms with van der Waals surface area (Å²) < 4.78 is 0. The van der Waals surface area contributed by atoms with Gasteiger partial charge in [-0.15, -0.1) is 0 Å². The van der Waals surface area contributed by atoms with Gasteiger partial charge < -0.3 is 10.6 Å². The molecule has 0 aromatic carbocycles. The van der Waals surface area contributed by atoms with Crippen LogP contribution in [-0.2, 0) is 4.79 Å². The molecular weight excluding hydrogens is 176 g/mol. The van der Waals surface area contributed by atoms with Crippen LogP contribution in [0.1, 0.15) is 47.5 Å². The van der Waals surface area contributed by atoms with E-state index in [0.717, 1.165) is 12.8 Å². The minimum absolute atomic E-state index is 0.0969.